The Balaban J connectivity index is 1.92. The number of fused-ring (bicyclic) bond motifs is 1. The zero-order valence-corrected chi connectivity index (χ0v) is 17.6. The molecule has 3 aromatic rings. The van der Waals surface area contributed by atoms with Gasteiger partial charge in [-0.05, 0) is 30.7 Å². The topological polar surface area (TPSA) is 93.1 Å². The van der Waals surface area contributed by atoms with Crippen molar-refractivity contribution in [1.82, 2.24) is 14.9 Å². The third-order valence-electron chi connectivity index (χ3n) is 4.54. The van der Waals surface area contributed by atoms with Crippen LogP contribution >= 0.6 is 11.3 Å². The Labute approximate surface area is 185 Å². The molecule has 0 aliphatic carbocycles. The average Bonchev–Trinajstić information content (AvgIpc) is 3.05. The lowest BCUT2D eigenvalue weighted by molar-refractivity contribution is -0.143. The van der Waals surface area contributed by atoms with Gasteiger partial charge in [0.1, 0.15) is 11.4 Å². The fourth-order valence-electron chi connectivity index (χ4n) is 2.98. The fraction of sp³-hybridized carbons (Fsp3) is 0.263. The Hall–Kier alpha value is -3.42. The molecule has 0 spiro atoms. The summed E-state index contributed by atoms with van der Waals surface area (Å²) in [7, 11) is 1.40. The maximum atomic E-state index is 13.0. The van der Waals surface area contributed by atoms with E-state index in [1.165, 1.54) is 14.0 Å². The van der Waals surface area contributed by atoms with Crippen LogP contribution in [0.5, 0.6) is 0 Å². The first kappa shape index (κ1) is 24.2. The van der Waals surface area contributed by atoms with Crippen LogP contribution in [0.4, 0.5) is 32.0 Å². The molecule has 2 amide bonds. The summed E-state index contributed by atoms with van der Waals surface area (Å²) in [5.74, 6) is -1.49. The van der Waals surface area contributed by atoms with Crippen molar-refractivity contribution < 1.29 is 35.9 Å². The van der Waals surface area contributed by atoms with Crippen LogP contribution in [0.15, 0.2) is 29.3 Å². The Morgan fingerprint density at radius 2 is 1.64 bits per heavy atom. The molecule has 2 heterocycles. The quantitative estimate of drug-likeness (QED) is 0.542. The highest BCUT2D eigenvalue weighted by Gasteiger charge is 2.37. The molecule has 0 fully saturated rings. The summed E-state index contributed by atoms with van der Waals surface area (Å²) >= 11 is 0.959. The van der Waals surface area contributed by atoms with E-state index in [9.17, 15) is 40.7 Å². The number of hydrogen-bond acceptors (Lipinski definition) is 5. The predicted octanol–water partition coefficient (Wildman–Crippen LogP) is 3.80. The fourth-order valence-corrected chi connectivity index (χ4v) is 4.07. The van der Waals surface area contributed by atoms with Crippen LogP contribution in [0.3, 0.4) is 0 Å². The second-order valence-electron chi connectivity index (χ2n) is 6.84. The number of halogens is 6. The van der Waals surface area contributed by atoms with Crippen molar-refractivity contribution in [2.45, 2.75) is 25.8 Å². The minimum Gasteiger partial charge on any atom is -0.354 e. The lowest BCUT2D eigenvalue weighted by Crippen LogP contribution is -2.28. The molecule has 0 saturated carbocycles. The minimum atomic E-state index is -5.08. The van der Waals surface area contributed by atoms with Crippen LogP contribution in [0, 0.1) is 6.92 Å². The van der Waals surface area contributed by atoms with E-state index in [2.05, 4.69) is 10.3 Å². The number of amides is 2. The Bertz CT molecular complexity index is 1280. The average molecular weight is 492 g/mol. The molecule has 0 radical (unpaired) electrons. The molecule has 0 unspecified atom stereocenters. The summed E-state index contributed by atoms with van der Waals surface area (Å²) in [5.41, 5.74) is -4.29. The number of anilines is 1. The Morgan fingerprint density at radius 1 is 1.06 bits per heavy atom. The lowest BCUT2D eigenvalue weighted by atomic mass is 10.1. The number of aryl methyl sites for hydroxylation is 1. The molecule has 0 aliphatic rings. The summed E-state index contributed by atoms with van der Waals surface area (Å²) in [5, 5.41) is 4.44. The largest absolute Gasteiger partial charge is 0.416 e. The van der Waals surface area contributed by atoms with Crippen molar-refractivity contribution in [1.29, 1.82) is 0 Å². The second kappa shape index (κ2) is 8.50. The third kappa shape index (κ3) is 4.99. The number of carbonyl (C=O) groups excluding carboxylic acids is 2. The van der Waals surface area contributed by atoms with Crippen LogP contribution in [-0.2, 0) is 23.7 Å². The van der Waals surface area contributed by atoms with Crippen molar-refractivity contribution in [3.8, 4) is 0 Å². The third-order valence-corrected chi connectivity index (χ3v) is 5.73. The van der Waals surface area contributed by atoms with Gasteiger partial charge >= 0.3 is 12.4 Å². The highest BCUT2D eigenvalue weighted by atomic mass is 32.1. The number of aromatic nitrogens is 2. The van der Waals surface area contributed by atoms with Crippen molar-refractivity contribution in [2.75, 3.05) is 12.4 Å². The van der Waals surface area contributed by atoms with E-state index in [4.69, 9.17) is 0 Å². The summed E-state index contributed by atoms with van der Waals surface area (Å²) in [6, 6.07) is 0.646. The summed E-state index contributed by atoms with van der Waals surface area (Å²) in [6.07, 6.45) is -9.15. The molecule has 1 aromatic carbocycles. The monoisotopic (exact) mass is 492 g/mol. The van der Waals surface area contributed by atoms with E-state index in [0.29, 0.717) is 17.7 Å². The number of nitrogens with one attached hydrogen (secondary N) is 2. The minimum absolute atomic E-state index is 0.0681. The lowest BCUT2D eigenvalue weighted by Gasteiger charge is -2.15. The van der Waals surface area contributed by atoms with Crippen LogP contribution in [0.1, 0.15) is 26.4 Å². The van der Waals surface area contributed by atoms with Gasteiger partial charge in [-0.25, -0.2) is 4.98 Å². The SMILES string of the molecule is CNC(=O)c1sc2ncn(CC(=O)Nc3cc(C(F)(F)F)cc(C(F)(F)F)c3)c(=O)c2c1C. The van der Waals surface area contributed by atoms with Gasteiger partial charge in [-0.2, -0.15) is 26.3 Å². The molecular formula is C19H14F6N4O3S. The van der Waals surface area contributed by atoms with Crippen LogP contribution in [0.25, 0.3) is 10.2 Å². The molecule has 14 heteroatoms. The second-order valence-corrected chi connectivity index (χ2v) is 7.83. The molecule has 3 rings (SSSR count). The number of benzene rings is 1. The number of alkyl halides is 6. The Morgan fingerprint density at radius 3 is 2.15 bits per heavy atom. The van der Waals surface area contributed by atoms with Crippen LogP contribution in [-0.4, -0.2) is 28.4 Å². The van der Waals surface area contributed by atoms with Gasteiger partial charge in [0.25, 0.3) is 11.5 Å². The summed E-state index contributed by atoms with van der Waals surface area (Å²) in [4.78, 5) is 41.5. The van der Waals surface area contributed by atoms with Crippen molar-refractivity contribution in [3.05, 3.63) is 56.4 Å². The molecule has 7 nitrogen and oxygen atoms in total. The molecule has 33 heavy (non-hydrogen) atoms. The highest BCUT2D eigenvalue weighted by molar-refractivity contribution is 7.20. The van der Waals surface area contributed by atoms with Gasteiger partial charge in [-0.3, -0.25) is 19.0 Å². The Kier molecular flexibility index (Phi) is 6.24. The predicted molar refractivity (Wildman–Crippen MR) is 107 cm³/mol. The van der Waals surface area contributed by atoms with Gasteiger partial charge in [-0.1, -0.05) is 0 Å². The smallest absolute Gasteiger partial charge is 0.354 e. The maximum Gasteiger partial charge on any atom is 0.416 e. The molecule has 0 saturated heterocycles. The normalized spacial score (nSPS) is 12.1. The van der Waals surface area contributed by atoms with Gasteiger partial charge in [0, 0.05) is 12.7 Å². The maximum absolute atomic E-state index is 13.0. The van der Waals surface area contributed by atoms with Crippen molar-refractivity contribution >= 4 is 39.1 Å². The van der Waals surface area contributed by atoms with E-state index in [1.54, 1.807) is 0 Å². The van der Waals surface area contributed by atoms with Gasteiger partial charge < -0.3 is 10.6 Å². The van der Waals surface area contributed by atoms with Gasteiger partial charge in [0.2, 0.25) is 5.91 Å². The molecule has 2 N–H and O–H groups in total. The number of rotatable bonds is 4. The van der Waals surface area contributed by atoms with E-state index in [-0.39, 0.29) is 21.2 Å². The zero-order chi connectivity index (χ0) is 24.7. The molecule has 176 valence electrons. The number of nitrogens with zero attached hydrogens (tertiary/aromatic N) is 2. The van der Waals surface area contributed by atoms with Crippen molar-refractivity contribution in [2.24, 2.45) is 0 Å². The van der Waals surface area contributed by atoms with E-state index < -0.39 is 53.1 Å². The van der Waals surface area contributed by atoms with Crippen molar-refractivity contribution in [3.63, 3.8) is 0 Å². The highest BCUT2D eigenvalue weighted by Crippen LogP contribution is 2.37. The van der Waals surface area contributed by atoms with E-state index >= 15 is 0 Å². The van der Waals surface area contributed by atoms with Gasteiger partial charge in [0.15, 0.2) is 0 Å². The van der Waals surface area contributed by atoms with Crippen LogP contribution in [0.2, 0.25) is 0 Å². The first-order valence-electron chi connectivity index (χ1n) is 9.02. The molecule has 2 aromatic heterocycles. The van der Waals surface area contributed by atoms with Gasteiger partial charge in [-0.15, -0.1) is 11.3 Å². The number of hydrogen-bond donors (Lipinski definition) is 2. The van der Waals surface area contributed by atoms with Crippen LogP contribution < -0.4 is 16.2 Å². The zero-order valence-electron chi connectivity index (χ0n) is 16.8. The first-order valence-corrected chi connectivity index (χ1v) is 9.84. The van der Waals surface area contributed by atoms with E-state index in [1.807, 2.05) is 5.32 Å². The molecule has 0 aliphatic heterocycles. The standard InChI is InChI=1S/C19H14F6N4O3S/c1-8-13-16(33-14(8)15(31)26-2)27-7-29(17(13)32)6-12(30)28-11-4-9(18(20,21)22)3-10(5-11)19(23,24)25/h3-5,7H,6H2,1-2H3,(H,26,31)(H,28,30). The number of carbonyl (C=O) groups is 2. The summed E-state index contributed by atoms with van der Waals surface area (Å²) < 4.78 is 78.7. The molecule has 0 atom stereocenters. The number of thiophene rings is 1. The van der Waals surface area contributed by atoms with E-state index in [0.717, 1.165) is 22.2 Å². The summed E-state index contributed by atoms with van der Waals surface area (Å²) in [6.45, 7) is 0.780. The first-order chi connectivity index (χ1) is 15.2. The van der Waals surface area contributed by atoms with Gasteiger partial charge in [0.05, 0.1) is 27.7 Å². The molecule has 0 bridgehead atoms. The molecular weight excluding hydrogens is 478 g/mol.